The summed E-state index contributed by atoms with van der Waals surface area (Å²) in [6.45, 7) is 3.61. The number of hydrogen-bond acceptors (Lipinski definition) is 5. The van der Waals surface area contributed by atoms with Crippen molar-refractivity contribution in [1.82, 2.24) is 15.2 Å². The number of nitrogens with zero attached hydrogens (tertiary/aromatic N) is 2. The third kappa shape index (κ3) is 3.31. The first-order valence-corrected chi connectivity index (χ1v) is 6.09. The zero-order valence-electron chi connectivity index (χ0n) is 11.2. The average Bonchev–Trinajstić information content (AvgIpc) is 2.75. The third-order valence-electron chi connectivity index (χ3n) is 2.78. The van der Waals surface area contributed by atoms with Crippen molar-refractivity contribution in [3.05, 3.63) is 34.6 Å². The van der Waals surface area contributed by atoms with Gasteiger partial charge in [0, 0.05) is 24.9 Å². The van der Waals surface area contributed by atoms with Crippen molar-refractivity contribution in [3.63, 3.8) is 0 Å². The second-order valence-corrected chi connectivity index (χ2v) is 5.33. The molecule has 0 spiro atoms. The van der Waals surface area contributed by atoms with Gasteiger partial charge in [0.05, 0.1) is 6.42 Å². The van der Waals surface area contributed by atoms with Crippen LogP contribution in [-0.4, -0.2) is 26.3 Å². The monoisotopic (exact) mass is 277 g/mol. The van der Waals surface area contributed by atoms with Crippen LogP contribution in [0, 0.1) is 5.41 Å². The molecule has 0 amide bonds. The average molecular weight is 277 g/mol. The minimum atomic E-state index is -0.880. The highest BCUT2D eigenvalue weighted by atomic mass is 16.4. The van der Waals surface area contributed by atoms with E-state index in [-0.39, 0.29) is 17.7 Å². The molecule has 7 heteroatoms. The summed E-state index contributed by atoms with van der Waals surface area (Å²) < 4.78 is 5.43. The van der Waals surface area contributed by atoms with Gasteiger partial charge in [-0.15, -0.1) is 10.2 Å². The van der Waals surface area contributed by atoms with Crippen molar-refractivity contribution in [1.29, 1.82) is 0 Å². The van der Waals surface area contributed by atoms with Gasteiger partial charge in [-0.1, -0.05) is 13.8 Å². The Morgan fingerprint density at radius 2 is 2.20 bits per heavy atom. The summed E-state index contributed by atoms with van der Waals surface area (Å²) in [5, 5.41) is 16.5. The third-order valence-corrected chi connectivity index (χ3v) is 2.78. The van der Waals surface area contributed by atoms with E-state index in [9.17, 15) is 9.59 Å². The highest BCUT2D eigenvalue weighted by molar-refractivity contribution is 5.67. The predicted octanol–water partition coefficient (Wildman–Crippen LogP) is 1.47. The van der Waals surface area contributed by atoms with E-state index in [2.05, 4.69) is 15.2 Å². The van der Waals surface area contributed by atoms with E-state index in [1.807, 2.05) is 0 Å². The van der Waals surface area contributed by atoms with Crippen molar-refractivity contribution >= 4 is 5.97 Å². The lowest BCUT2D eigenvalue weighted by molar-refractivity contribution is -0.139. The molecule has 0 atom stereocenters. The Labute approximate surface area is 114 Å². The van der Waals surface area contributed by atoms with Gasteiger partial charge in [-0.3, -0.25) is 9.59 Å². The molecule has 0 unspecified atom stereocenters. The molecule has 2 N–H and O–H groups in total. The van der Waals surface area contributed by atoms with Gasteiger partial charge in [0.2, 0.25) is 5.89 Å². The molecule has 0 fully saturated rings. The molecule has 2 aromatic heterocycles. The molecule has 0 saturated carbocycles. The predicted molar refractivity (Wildman–Crippen MR) is 70.1 cm³/mol. The number of hydrogen-bond donors (Lipinski definition) is 2. The van der Waals surface area contributed by atoms with Crippen LogP contribution in [-0.2, 0) is 11.2 Å². The molecule has 2 rings (SSSR count). The molecule has 0 saturated heterocycles. The highest BCUT2D eigenvalue weighted by Gasteiger charge is 2.25. The summed E-state index contributed by atoms with van der Waals surface area (Å²) >= 11 is 0. The summed E-state index contributed by atoms with van der Waals surface area (Å²) in [6.07, 6.45) is 3.33. The van der Waals surface area contributed by atoms with Crippen molar-refractivity contribution < 1.29 is 14.3 Å². The van der Waals surface area contributed by atoms with E-state index in [4.69, 9.17) is 9.52 Å². The maximum Gasteiger partial charge on any atom is 0.303 e. The number of nitrogens with one attached hydrogen (secondary N) is 1. The lowest BCUT2D eigenvalue weighted by Gasteiger charge is -2.19. The minimum Gasteiger partial charge on any atom is -0.481 e. The van der Waals surface area contributed by atoms with Gasteiger partial charge in [0.1, 0.15) is 5.56 Å². The second kappa shape index (κ2) is 5.28. The zero-order valence-corrected chi connectivity index (χ0v) is 11.2. The standard InChI is InChI=1S/C13H15N3O4/c1-13(2,6-11(18)19)5-10-15-16-12(20-10)8-7-14-4-3-9(8)17/h3-4,7H,5-6H2,1-2H3,(H,14,17)(H,18,19). The Hall–Kier alpha value is -2.44. The Kier molecular flexibility index (Phi) is 3.69. The molecular formula is C13H15N3O4. The molecule has 2 heterocycles. The van der Waals surface area contributed by atoms with Crippen LogP contribution in [0.5, 0.6) is 0 Å². The molecule has 0 aromatic carbocycles. The normalized spacial score (nSPS) is 11.5. The first kappa shape index (κ1) is 14.0. The number of pyridine rings is 1. The second-order valence-electron chi connectivity index (χ2n) is 5.33. The maximum absolute atomic E-state index is 11.6. The SMILES string of the molecule is CC(C)(CC(=O)O)Cc1nnc(-c2c[nH]ccc2=O)o1. The van der Waals surface area contributed by atoms with Crippen LogP contribution in [0.1, 0.15) is 26.2 Å². The van der Waals surface area contributed by atoms with Gasteiger partial charge >= 0.3 is 5.97 Å². The van der Waals surface area contributed by atoms with Gasteiger partial charge in [-0.25, -0.2) is 0 Å². The first-order valence-electron chi connectivity index (χ1n) is 6.09. The number of aliphatic carboxylic acids is 1. The van der Waals surface area contributed by atoms with Crippen LogP contribution in [0.25, 0.3) is 11.5 Å². The summed E-state index contributed by atoms with van der Waals surface area (Å²) in [4.78, 5) is 25.2. The maximum atomic E-state index is 11.6. The number of aromatic nitrogens is 3. The van der Waals surface area contributed by atoms with Crippen LogP contribution in [0.3, 0.4) is 0 Å². The van der Waals surface area contributed by atoms with Gasteiger partial charge in [-0.2, -0.15) is 0 Å². The number of carboxylic acids is 1. The first-order chi connectivity index (χ1) is 9.37. The quantitative estimate of drug-likeness (QED) is 0.856. The van der Waals surface area contributed by atoms with Crippen LogP contribution in [0.2, 0.25) is 0 Å². The van der Waals surface area contributed by atoms with E-state index in [1.165, 1.54) is 18.5 Å². The van der Waals surface area contributed by atoms with E-state index < -0.39 is 11.4 Å². The lowest BCUT2D eigenvalue weighted by atomic mass is 9.86. The molecule has 106 valence electrons. The molecule has 20 heavy (non-hydrogen) atoms. The van der Waals surface area contributed by atoms with Crippen LogP contribution in [0.4, 0.5) is 0 Å². The fraction of sp³-hybridized carbons (Fsp3) is 0.385. The minimum absolute atomic E-state index is 0.00334. The Morgan fingerprint density at radius 1 is 1.45 bits per heavy atom. The van der Waals surface area contributed by atoms with Gasteiger partial charge < -0.3 is 14.5 Å². The van der Waals surface area contributed by atoms with Gasteiger partial charge in [-0.05, 0) is 5.41 Å². The molecule has 0 aliphatic heterocycles. The van der Waals surface area contributed by atoms with E-state index in [0.29, 0.717) is 17.9 Å². The Morgan fingerprint density at radius 3 is 2.85 bits per heavy atom. The van der Waals surface area contributed by atoms with Crippen molar-refractivity contribution in [3.8, 4) is 11.5 Å². The molecule has 0 aliphatic rings. The topological polar surface area (TPSA) is 109 Å². The number of carbonyl (C=O) groups is 1. The van der Waals surface area contributed by atoms with Crippen LogP contribution < -0.4 is 5.43 Å². The summed E-state index contributed by atoms with van der Waals surface area (Å²) in [6, 6.07) is 1.37. The van der Waals surface area contributed by atoms with Crippen LogP contribution in [0.15, 0.2) is 27.7 Å². The van der Waals surface area contributed by atoms with E-state index in [0.717, 1.165) is 0 Å². The lowest BCUT2D eigenvalue weighted by Crippen LogP contribution is -2.19. The van der Waals surface area contributed by atoms with Crippen molar-refractivity contribution in [2.75, 3.05) is 0 Å². The van der Waals surface area contributed by atoms with Crippen molar-refractivity contribution in [2.45, 2.75) is 26.7 Å². The molecule has 2 aromatic rings. The fourth-order valence-corrected chi connectivity index (χ4v) is 1.90. The van der Waals surface area contributed by atoms with E-state index >= 15 is 0 Å². The number of aromatic amines is 1. The highest BCUT2D eigenvalue weighted by Crippen LogP contribution is 2.26. The Balaban J connectivity index is 2.20. The molecule has 0 bridgehead atoms. The molecular weight excluding hydrogens is 262 g/mol. The smallest absolute Gasteiger partial charge is 0.303 e. The number of carboxylic acid groups (broad SMARTS) is 1. The summed E-state index contributed by atoms with van der Waals surface area (Å²) in [7, 11) is 0. The molecule has 0 radical (unpaired) electrons. The summed E-state index contributed by atoms with van der Waals surface area (Å²) in [5.41, 5.74) is -0.426. The fourth-order valence-electron chi connectivity index (χ4n) is 1.90. The van der Waals surface area contributed by atoms with Crippen LogP contribution >= 0.6 is 0 Å². The van der Waals surface area contributed by atoms with E-state index in [1.54, 1.807) is 13.8 Å². The van der Waals surface area contributed by atoms with Gasteiger partial charge in [0.25, 0.3) is 5.89 Å². The zero-order chi connectivity index (χ0) is 14.8. The van der Waals surface area contributed by atoms with Gasteiger partial charge in [0.15, 0.2) is 5.43 Å². The largest absolute Gasteiger partial charge is 0.481 e. The number of rotatable bonds is 5. The summed E-state index contributed by atoms with van der Waals surface area (Å²) in [5.74, 6) is -0.434. The Bertz CT molecular complexity index is 672. The van der Waals surface area contributed by atoms with Crippen molar-refractivity contribution in [2.24, 2.45) is 5.41 Å². The molecule has 7 nitrogen and oxygen atoms in total. The number of H-pyrrole nitrogens is 1. The molecule has 0 aliphatic carbocycles.